The second kappa shape index (κ2) is 13.6. The Morgan fingerprint density at radius 2 is 1.51 bits per heavy atom. The Morgan fingerprint density at radius 3 is 2.23 bits per heavy atom. The van der Waals surface area contributed by atoms with Crippen LogP contribution in [-0.2, 0) is 9.53 Å². The molecule has 0 aromatic heterocycles. The Labute approximate surface area is 235 Å². The molecule has 0 aliphatic rings. The van der Waals surface area contributed by atoms with E-state index in [1.807, 2.05) is 73.8 Å². The first kappa shape index (κ1) is 27.9. The second-order valence-electron chi connectivity index (χ2n) is 9.28. The van der Waals surface area contributed by atoms with Crippen LogP contribution < -0.4 is 5.32 Å². The largest absolute Gasteiger partial charge is 0.467 e. The molecule has 0 bridgehead atoms. The molecule has 5 heteroatoms. The number of amides is 1. The summed E-state index contributed by atoms with van der Waals surface area (Å²) in [4.78, 5) is 25.8. The molecule has 4 nitrogen and oxygen atoms in total. The fourth-order valence-corrected chi connectivity index (χ4v) is 4.94. The first-order chi connectivity index (χ1) is 19.0. The predicted octanol–water partition coefficient (Wildman–Crippen LogP) is 7.52. The van der Waals surface area contributed by atoms with Gasteiger partial charge in [-0.05, 0) is 82.5 Å². The monoisotopic (exact) mass is 535 g/mol. The minimum absolute atomic E-state index is 0.296. The number of methoxy groups -OCH3 is 1. The average molecular weight is 536 g/mol. The molecule has 1 amide bonds. The first-order valence-corrected chi connectivity index (χ1v) is 14.3. The molecule has 198 valence electrons. The smallest absolute Gasteiger partial charge is 0.328 e. The predicted molar refractivity (Wildman–Crippen MR) is 164 cm³/mol. The maximum absolute atomic E-state index is 13.5. The molecule has 0 radical (unpaired) electrons. The van der Waals surface area contributed by atoms with E-state index in [0.29, 0.717) is 12.0 Å². The average Bonchev–Trinajstić information content (AvgIpc) is 2.98. The summed E-state index contributed by atoms with van der Waals surface area (Å²) < 4.78 is 4.94. The molecular formula is C34H33NO3S. The highest BCUT2D eigenvalue weighted by Crippen LogP contribution is 2.29. The Balaban J connectivity index is 1.66. The van der Waals surface area contributed by atoms with Crippen molar-refractivity contribution in [1.29, 1.82) is 0 Å². The van der Waals surface area contributed by atoms with Crippen molar-refractivity contribution in [1.82, 2.24) is 5.32 Å². The summed E-state index contributed by atoms with van der Waals surface area (Å²) in [7, 11) is 1.34. The number of hydrogen-bond acceptors (Lipinski definition) is 4. The van der Waals surface area contributed by atoms with Crippen molar-refractivity contribution in [3.8, 4) is 22.3 Å². The van der Waals surface area contributed by atoms with Gasteiger partial charge in [0.15, 0.2) is 0 Å². The van der Waals surface area contributed by atoms with Crippen molar-refractivity contribution in [2.45, 2.75) is 19.4 Å². The van der Waals surface area contributed by atoms with Crippen LogP contribution in [0.25, 0.3) is 34.4 Å². The van der Waals surface area contributed by atoms with E-state index < -0.39 is 12.0 Å². The third kappa shape index (κ3) is 7.27. The molecular weight excluding hydrogens is 502 g/mol. The van der Waals surface area contributed by atoms with Gasteiger partial charge in [-0.3, -0.25) is 4.79 Å². The number of benzene rings is 4. The zero-order valence-electron chi connectivity index (χ0n) is 22.5. The molecule has 1 unspecified atom stereocenters. The summed E-state index contributed by atoms with van der Waals surface area (Å²) in [5.41, 5.74) is 7.77. The van der Waals surface area contributed by atoms with Crippen molar-refractivity contribution in [3.05, 3.63) is 119 Å². The van der Waals surface area contributed by atoms with Crippen molar-refractivity contribution in [3.63, 3.8) is 0 Å². The van der Waals surface area contributed by atoms with E-state index in [0.717, 1.165) is 39.1 Å². The van der Waals surface area contributed by atoms with Gasteiger partial charge in [0.05, 0.1) is 7.11 Å². The fraction of sp³-hybridized carbons (Fsp3) is 0.176. The Bertz CT molecular complexity index is 1460. The van der Waals surface area contributed by atoms with E-state index in [1.54, 1.807) is 11.8 Å². The van der Waals surface area contributed by atoms with E-state index in [1.165, 1.54) is 12.7 Å². The Morgan fingerprint density at radius 1 is 0.821 bits per heavy atom. The molecule has 1 N–H and O–H groups in total. The van der Waals surface area contributed by atoms with Crippen LogP contribution in [0.5, 0.6) is 0 Å². The van der Waals surface area contributed by atoms with Crippen molar-refractivity contribution in [2.75, 3.05) is 19.1 Å². The van der Waals surface area contributed by atoms with Gasteiger partial charge in [-0.25, -0.2) is 4.79 Å². The highest BCUT2D eigenvalue weighted by Gasteiger charge is 2.23. The van der Waals surface area contributed by atoms with E-state index in [2.05, 4.69) is 53.9 Å². The SMILES string of the molecule is COC(=O)C(CCSC)NC(=O)c1ccc(/C=C/c2cccc(-c3ccccc3)c2)cc1-c1ccccc1C. The Hall–Kier alpha value is -4.09. The molecule has 0 aliphatic heterocycles. The molecule has 0 fully saturated rings. The maximum Gasteiger partial charge on any atom is 0.328 e. The number of hydrogen-bond donors (Lipinski definition) is 1. The zero-order chi connectivity index (χ0) is 27.6. The van der Waals surface area contributed by atoms with Crippen molar-refractivity contribution < 1.29 is 14.3 Å². The molecule has 4 rings (SSSR count). The number of ether oxygens (including phenoxy) is 1. The van der Waals surface area contributed by atoms with Gasteiger partial charge in [-0.2, -0.15) is 11.8 Å². The molecule has 0 saturated carbocycles. The number of carbonyl (C=O) groups excluding carboxylic acids is 2. The molecule has 4 aromatic rings. The molecule has 0 heterocycles. The highest BCUT2D eigenvalue weighted by atomic mass is 32.2. The van der Waals surface area contributed by atoms with Gasteiger partial charge >= 0.3 is 5.97 Å². The van der Waals surface area contributed by atoms with Gasteiger partial charge in [0, 0.05) is 5.56 Å². The van der Waals surface area contributed by atoms with E-state index in [-0.39, 0.29) is 5.91 Å². The first-order valence-electron chi connectivity index (χ1n) is 12.9. The van der Waals surface area contributed by atoms with Crippen molar-refractivity contribution >= 4 is 35.8 Å². The van der Waals surface area contributed by atoms with E-state index in [9.17, 15) is 9.59 Å². The summed E-state index contributed by atoms with van der Waals surface area (Å²) in [6.07, 6.45) is 6.61. The summed E-state index contributed by atoms with van der Waals surface area (Å²) in [6.45, 7) is 2.03. The van der Waals surface area contributed by atoms with Gasteiger partial charge in [0.1, 0.15) is 6.04 Å². The molecule has 1 atom stereocenters. The van der Waals surface area contributed by atoms with Gasteiger partial charge in [-0.1, -0.05) is 91.0 Å². The summed E-state index contributed by atoms with van der Waals surface area (Å²) in [5, 5.41) is 2.90. The quantitative estimate of drug-likeness (QED) is 0.169. The summed E-state index contributed by atoms with van der Waals surface area (Å²) in [6, 6.07) is 31.8. The van der Waals surface area contributed by atoms with Crippen LogP contribution in [0, 0.1) is 6.92 Å². The minimum atomic E-state index is -0.698. The van der Waals surface area contributed by atoms with Crippen LogP contribution in [0.4, 0.5) is 0 Å². The highest BCUT2D eigenvalue weighted by molar-refractivity contribution is 7.98. The lowest BCUT2D eigenvalue weighted by molar-refractivity contribution is -0.142. The third-order valence-electron chi connectivity index (χ3n) is 6.59. The molecule has 0 saturated heterocycles. The third-order valence-corrected chi connectivity index (χ3v) is 7.23. The standard InChI is InChI=1S/C34H33NO3S/c1-24-10-7-8-15-29(24)31-23-26(17-16-25-11-9-14-28(22-25)27-12-5-4-6-13-27)18-19-30(31)33(36)35-32(20-21-39-3)34(37)38-2/h4-19,22-23,32H,20-21H2,1-3H3,(H,35,36)/b17-16+. The molecule has 0 aliphatic carbocycles. The number of nitrogens with one attached hydrogen (secondary N) is 1. The topological polar surface area (TPSA) is 55.4 Å². The Kier molecular flexibility index (Phi) is 9.76. The zero-order valence-corrected chi connectivity index (χ0v) is 23.3. The van der Waals surface area contributed by atoms with E-state index in [4.69, 9.17) is 4.74 Å². The molecule has 0 spiro atoms. The number of aryl methyl sites for hydroxylation is 1. The van der Waals surface area contributed by atoms with Crippen LogP contribution in [0.3, 0.4) is 0 Å². The number of thioether (sulfide) groups is 1. The van der Waals surface area contributed by atoms with Gasteiger partial charge in [0.2, 0.25) is 0 Å². The fourth-order valence-electron chi connectivity index (χ4n) is 4.47. The van der Waals surface area contributed by atoms with Crippen LogP contribution >= 0.6 is 11.8 Å². The summed E-state index contributed by atoms with van der Waals surface area (Å²) in [5.74, 6) is 0.00266. The van der Waals surface area contributed by atoms with Gasteiger partial charge in [0.25, 0.3) is 5.91 Å². The van der Waals surface area contributed by atoms with Crippen LogP contribution in [0.1, 0.15) is 33.5 Å². The maximum atomic E-state index is 13.5. The number of rotatable bonds is 10. The lowest BCUT2D eigenvalue weighted by Crippen LogP contribution is -2.42. The molecule has 39 heavy (non-hydrogen) atoms. The van der Waals surface area contributed by atoms with E-state index >= 15 is 0 Å². The lowest BCUT2D eigenvalue weighted by Gasteiger charge is -2.18. The van der Waals surface area contributed by atoms with Gasteiger partial charge in [-0.15, -0.1) is 0 Å². The second-order valence-corrected chi connectivity index (χ2v) is 10.3. The van der Waals surface area contributed by atoms with Crippen molar-refractivity contribution in [2.24, 2.45) is 0 Å². The minimum Gasteiger partial charge on any atom is -0.467 e. The van der Waals surface area contributed by atoms with Gasteiger partial charge < -0.3 is 10.1 Å². The summed E-state index contributed by atoms with van der Waals surface area (Å²) >= 11 is 1.62. The lowest BCUT2D eigenvalue weighted by atomic mass is 9.93. The van der Waals surface area contributed by atoms with Crippen LogP contribution in [0.2, 0.25) is 0 Å². The number of esters is 1. The van der Waals surface area contributed by atoms with Crippen LogP contribution in [0.15, 0.2) is 97.1 Å². The van der Waals surface area contributed by atoms with Crippen LogP contribution in [-0.4, -0.2) is 37.0 Å². The normalized spacial score (nSPS) is 11.8. The number of carbonyl (C=O) groups is 2. The molecule has 4 aromatic carbocycles.